The summed E-state index contributed by atoms with van der Waals surface area (Å²) in [5.74, 6) is -2.58. The number of anilines is 2. The SMILES string of the molecule is Cc1ccc(C(=O)O)c(NC(=O)c2cccc(N3C(=O)[C@@H]4[C@H]5C[C@@H]([C@H](Br)[C@H]5Br)[C@@H]4C3=O)c2)c1. The molecule has 1 heterocycles. The number of imide groups is 1. The third-order valence-corrected chi connectivity index (χ3v) is 10.2. The molecule has 2 saturated carbocycles. The van der Waals surface area contributed by atoms with E-state index in [0.29, 0.717) is 5.69 Å². The van der Waals surface area contributed by atoms with Crippen molar-refractivity contribution in [2.45, 2.75) is 23.0 Å². The second-order valence-corrected chi connectivity index (χ2v) is 11.0. The Labute approximate surface area is 206 Å². The number of halogens is 2. The molecule has 7 nitrogen and oxygen atoms in total. The van der Waals surface area contributed by atoms with Crippen molar-refractivity contribution in [1.29, 1.82) is 0 Å². The number of benzene rings is 2. The minimum Gasteiger partial charge on any atom is -0.478 e. The maximum Gasteiger partial charge on any atom is 0.337 e. The fourth-order valence-corrected chi connectivity index (χ4v) is 7.41. The van der Waals surface area contributed by atoms with Gasteiger partial charge in [0.25, 0.3) is 5.91 Å². The molecule has 0 spiro atoms. The van der Waals surface area contributed by atoms with E-state index in [-0.39, 0.29) is 62.0 Å². The van der Waals surface area contributed by atoms with Gasteiger partial charge < -0.3 is 10.4 Å². The number of nitrogens with one attached hydrogen (secondary N) is 1. The van der Waals surface area contributed by atoms with Gasteiger partial charge in [-0.1, -0.05) is 44.0 Å². The van der Waals surface area contributed by atoms with Crippen LogP contribution in [0.15, 0.2) is 42.5 Å². The van der Waals surface area contributed by atoms with E-state index in [9.17, 15) is 24.3 Å². The number of carboxylic acids is 1. The average molecular weight is 576 g/mol. The van der Waals surface area contributed by atoms with Gasteiger partial charge in [-0.15, -0.1) is 0 Å². The third-order valence-electron chi connectivity index (χ3n) is 7.01. The molecule has 170 valence electrons. The molecule has 2 aromatic rings. The second kappa shape index (κ2) is 8.06. The first-order valence-corrected chi connectivity index (χ1v) is 12.4. The van der Waals surface area contributed by atoms with Crippen molar-refractivity contribution in [3.8, 4) is 0 Å². The standard InChI is InChI=1S/C24H20Br2N2O5/c1-10-5-6-13(24(32)33)16(7-10)27-21(29)11-3-2-4-12(8-11)28-22(30)17-14-9-15(18(17)23(28)31)20(26)19(14)25/h2-8,14-15,17-20H,9H2,1H3,(H,27,29)(H,32,33)/t14-,15-,17-,18+,19+,20+/m1/s1. The lowest BCUT2D eigenvalue weighted by Crippen LogP contribution is -2.37. The van der Waals surface area contributed by atoms with Crippen molar-refractivity contribution >= 4 is 66.9 Å². The molecule has 1 aliphatic heterocycles. The summed E-state index contributed by atoms with van der Waals surface area (Å²) in [5, 5.41) is 12.1. The molecule has 2 N–H and O–H groups in total. The third kappa shape index (κ3) is 3.44. The van der Waals surface area contributed by atoms with Crippen LogP contribution in [0.25, 0.3) is 0 Å². The van der Waals surface area contributed by atoms with E-state index in [2.05, 4.69) is 37.2 Å². The largest absolute Gasteiger partial charge is 0.478 e. The summed E-state index contributed by atoms with van der Waals surface area (Å²) in [6.07, 6.45) is 0.845. The van der Waals surface area contributed by atoms with Crippen LogP contribution in [-0.2, 0) is 9.59 Å². The molecular weight excluding hydrogens is 556 g/mol. The molecule has 3 fully saturated rings. The number of aromatic carboxylic acids is 1. The molecular formula is C24H20Br2N2O5. The Hall–Kier alpha value is -2.52. The monoisotopic (exact) mass is 574 g/mol. The highest BCUT2D eigenvalue weighted by atomic mass is 79.9. The summed E-state index contributed by atoms with van der Waals surface area (Å²) in [7, 11) is 0. The van der Waals surface area contributed by atoms with Crippen LogP contribution in [-0.4, -0.2) is 38.5 Å². The lowest BCUT2D eigenvalue weighted by atomic mass is 9.81. The quantitative estimate of drug-likeness (QED) is 0.419. The molecule has 2 aliphatic carbocycles. The Balaban J connectivity index is 1.42. The van der Waals surface area contributed by atoms with Gasteiger partial charge in [-0.05, 0) is 61.1 Å². The topological polar surface area (TPSA) is 104 Å². The van der Waals surface area contributed by atoms with Crippen LogP contribution in [0.4, 0.5) is 11.4 Å². The molecule has 33 heavy (non-hydrogen) atoms. The number of carboxylic acid groups (broad SMARTS) is 1. The van der Waals surface area contributed by atoms with Gasteiger partial charge in [0.05, 0.1) is 28.8 Å². The Morgan fingerprint density at radius 1 is 1.00 bits per heavy atom. The van der Waals surface area contributed by atoms with Gasteiger partial charge in [0.1, 0.15) is 0 Å². The summed E-state index contributed by atoms with van der Waals surface area (Å²) >= 11 is 7.36. The Morgan fingerprint density at radius 2 is 1.64 bits per heavy atom. The number of carbonyl (C=O) groups excluding carboxylic acids is 3. The van der Waals surface area contributed by atoms with E-state index in [4.69, 9.17) is 0 Å². The van der Waals surface area contributed by atoms with Gasteiger partial charge in [-0.25, -0.2) is 4.79 Å². The number of fused-ring (bicyclic) bond motifs is 5. The normalized spacial score (nSPS) is 30.0. The number of hydrogen-bond acceptors (Lipinski definition) is 4. The van der Waals surface area contributed by atoms with Crippen LogP contribution in [0.3, 0.4) is 0 Å². The van der Waals surface area contributed by atoms with E-state index >= 15 is 0 Å². The van der Waals surface area contributed by atoms with E-state index in [1.165, 1.54) is 17.0 Å². The zero-order valence-electron chi connectivity index (χ0n) is 17.5. The van der Waals surface area contributed by atoms with Gasteiger partial charge in [0.2, 0.25) is 11.8 Å². The molecule has 0 unspecified atom stereocenters. The molecule has 0 aromatic heterocycles. The Kier molecular flexibility index (Phi) is 5.44. The van der Waals surface area contributed by atoms with Crippen molar-refractivity contribution in [2.24, 2.45) is 23.7 Å². The minimum atomic E-state index is -1.15. The van der Waals surface area contributed by atoms with Crippen molar-refractivity contribution in [3.05, 3.63) is 59.2 Å². The Bertz CT molecular complexity index is 1180. The van der Waals surface area contributed by atoms with Crippen molar-refractivity contribution in [3.63, 3.8) is 0 Å². The highest BCUT2D eigenvalue weighted by Gasteiger charge is 2.66. The molecule has 3 aliphatic rings. The maximum atomic E-state index is 13.3. The average Bonchev–Trinajstić information content (AvgIpc) is 3.38. The van der Waals surface area contributed by atoms with E-state index in [0.717, 1.165) is 12.0 Å². The first-order chi connectivity index (χ1) is 15.7. The predicted octanol–water partition coefficient (Wildman–Crippen LogP) is 4.23. The lowest BCUT2D eigenvalue weighted by Gasteiger charge is -2.28. The number of alkyl halides is 2. The molecule has 2 aromatic carbocycles. The summed E-state index contributed by atoms with van der Waals surface area (Å²) in [6.45, 7) is 1.80. The van der Waals surface area contributed by atoms with Crippen LogP contribution in [0, 0.1) is 30.6 Å². The van der Waals surface area contributed by atoms with E-state index < -0.39 is 11.9 Å². The number of amides is 3. The Morgan fingerprint density at radius 3 is 2.24 bits per heavy atom. The first-order valence-electron chi connectivity index (χ1n) is 10.6. The molecule has 2 bridgehead atoms. The van der Waals surface area contributed by atoms with Crippen LogP contribution in [0.2, 0.25) is 0 Å². The van der Waals surface area contributed by atoms with Crippen molar-refractivity contribution in [1.82, 2.24) is 0 Å². The van der Waals surface area contributed by atoms with Gasteiger partial charge in [0.15, 0.2) is 0 Å². The van der Waals surface area contributed by atoms with Gasteiger partial charge >= 0.3 is 5.97 Å². The summed E-state index contributed by atoms with van der Waals surface area (Å²) in [5.41, 5.74) is 1.54. The van der Waals surface area contributed by atoms with Gasteiger partial charge in [-0.3, -0.25) is 19.3 Å². The zero-order valence-corrected chi connectivity index (χ0v) is 20.7. The zero-order chi connectivity index (χ0) is 23.6. The maximum absolute atomic E-state index is 13.3. The van der Waals surface area contributed by atoms with E-state index in [1.54, 1.807) is 37.3 Å². The number of carbonyl (C=O) groups is 4. The molecule has 1 saturated heterocycles. The summed E-state index contributed by atoms with van der Waals surface area (Å²) in [4.78, 5) is 52.5. The van der Waals surface area contributed by atoms with Gasteiger partial charge in [0, 0.05) is 15.2 Å². The van der Waals surface area contributed by atoms with Crippen LogP contribution in [0.1, 0.15) is 32.7 Å². The molecule has 3 amide bonds. The summed E-state index contributed by atoms with van der Waals surface area (Å²) < 4.78 is 0. The second-order valence-electron chi connectivity index (χ2n) is 8.87. The predicted molar refractivity (Wildman–Crippen MR) is 129 cm³/mol. The molecule has 6 atom stereocenters. The van der Waals surface area contributed by atoms with Crippen LogP contribution in [0.5, 0.6) is 0 Å². The first kappa shape index (κ1) is 22.3. The molecule has 9 heteroatoms. The molecule has 0 radical (unpaired) electrons. The highest BCUT2D eigenvalue weighted by Crippen LogP contribution is 2.60. The highest BCUT2D eigenvalue weighted by molar-refractivity contribution is 9.12. The lowest BCUT2D eigenvalue weighted by molar-refractivity contribution is -0.123. The van der Waals surface area contributed by atoms with Crippen LogP contribution >= 0.6 is 31.9 Å². The minimum absolute atomic E-state index is 0.0213. The fourth-order valence-electron chi connectivity index (χ4n) is 5.53. The number of hydrogen-bond donors (Lipinski definition) is 2. The van der Waals surface area contributed by atoms with E-state index in [1.807, 2.05) is 0 Å². The smallest absolute Gasteiger partial charge is 0.337 e. The number of rotatable bonds is 4. The van der Waals surface area contributed by atoms with Crippen LogP contribution < -0.4 is 10.2 Å². The van der Waals surface area contributed by atoms with Crippen molar-refractivity contribution < 1.29 is 24.3 Å². The molecule has 5 rings (SSSR count). The summed E-state index contributed by atoms with van der Waals surface area (Å²) in [6, 6.07) is 11.0. The number of aryl methyl sites for hydroxylation is 1. The number of nitrogens with zero attached hydrogens (tertiary/aromatic N) is 1. The van der Waals surface area contributed by atoms with Crippen molar-refractivity contribution in [2.75, 3.05) is 10.2 Å². The van der Waals surface area contributed by atoms with Gasteiger partial charge in [-0.2, -0.15) is 0 Å². The fraction of sp³-hybridized carbons (Fsp3) is 0.333.